The molecule has 1 saturated heterocycles. The van der Waals surface area contributed by atoms with E-state index in [1.54, 1.807) is 23.9 Å². The Balaban J connectivity index is 1.48. The number of nitrogens with zero attached hydrogens (tertiary/aromatic N) is 1. The molecule has 2 aromatic carbocycles. The molecule has 0 radical (unpaired) electrons. The monoisotopic (exact) mass is 413 g/mol. The van der Waals surface area contributed by atoms with Gasteiger partial charge in [-0.25, -0.2) is 4.79 Å². The second kappa shape index (κ2) is 10.1. The molecule has 0 N–H and O–H groups in total. The molecule has 1 heterocycles. The minimum atomic E-state index is -0.552. The zero-order chi connectivity index (χ0) is 20.7. The normalized spacial score (nSPS) is 15.1. The van der Waals surface area contributed by atoms with Gasteiger partial charge in [0.1, 0.15) is 6.61 Å². The molecule has 2 aromatic rings. The second-order valence-corrected chi connectivity index (χ2v) is 8.53. The van der Waals surface area contributed by atoms with Crippen LogP contribution in [0.2, 0.25) is 0 Å². The lowest BCUT2D eigenvalue weighted by Gasteiger charge is -2.39. The van der Waals surface area contributed by atoms with Crippen LogP contribution in [0.4, 0.5) is 0 Å². The first-order chi connectivity index (χ1) is 14.0. The van der Waals surface area contributed by atoms with Crippen LogP contribution in [-0.2, 0) is 9.47 Å². The van der Waals surface area contributed by atoms with Gasteiger partial charge in [0, 0.05) is 29.3 Å². The fourth-order valence-electron chi connectivity index (χ4n) is 3.27. The number of rotatable bonds is 8. The summed E-state index contributed by atoms with van der Waals surface area (Å²) < 4.78 is 10.7. The number of morpholine rings is 1. The molecule has 1 fully saturated rings. The van der Waals surface area contributed by atoms with Gasteiger partial charge in [-0.2, -0.15) is 0 Å². The molecule has 0 aromatic heterocycles. The predicted molar refractivity (Wildman–Crippen MR) is 115 cm³/mol. The van der Waals surface area contributed by atoms with Gasteiger partial charge in [0.15, 0.2) is 5.78 Å². The van der Waals surface area contributed by atoms with Crippen LogP contribution in [0.15, 0.2) is 59.5 Å². The largest absolute Gasteiger partial charge is 0.461 e. The number of benzene rings is 2. The number of esters is 1. The van der Waals surface area contributed by atoms with Crippen LogP contribution in [0, 0.1) is 0 Å². The molecule has 0 unspecified atom stereocenters. The summed E-state index contributed by atoms with van der Waals surface area (Å²) in [6.07, 6.45) is 0. The first-order valence-corrected chi connectivity index (χ1v) is 10.8. The van der Waals surface area contributed by atoms with E-state index in [1.165, 1.54) is 0 Å². The molecular formula is C23H27NO4S. The Labute approximate surface area is 176 Å². The van der Waals surface area contributed by atoms with E-state index in [1.807, 2.05) is 56.3 Å². The molecular weight excluding hydrogens is 386 g/mol. The van der Waals surface area contributed by atoms with Crippen LogP contribution in [0.5, 0.6) is 0 Å². The topological polar surface area (TPSA) is 55.8 Å². The molecule has 0 amide bonds. The van der Waals surface area contributed by atoms with Crippen LogP contribution in [0.3, 0.4) is 0 Å². The standard InChI is InChI=1S/C23H27NO4S/c1-23(2,24-12-14-27-15-13-24)21(25)18-8-10-20(11-9-18)29-17-16-28-22(26)19-6-4-3-5-7-19/h3-11H,12-17H2,1-2H3. The molecule has 3 rings (SSSR count). The minimum absolute atomic E-state index is 0.118. The SMILES string of the molecule is CC(C)(C(=O)c1ccc(SCCOC(=O)c2ccccc2)cc1)N1CCOCC1. The number of carbonyl (C=O) groups excluding carboxylic acids is 2. The highest BCUT2D eigenvalue weighted by molar-refractivity contribution is 7.99. The van der Waals surface area contributed by atoms with Gasteiger partial charge < -0.3 is 9.47 Å². The van der Waals surface area contributed by atoms with Gasteiger partial charge in [-0.1, -0.05) is 30.3 Å². The van der Waals surface area contributed by atoms with Gasteiger partial charge in [-0.3, -0.25) is 9.69 Å². The first-order valence-electron chi connectivity index (χ1n) is 9.81. The fourth-order valence-corrected chi connectivity index (χ4v) is 4.00. The summed E-state index contributed by atoms with van der Waals surface area (Å²) in [4.78, 5) is 28.1. The third kappa shape index (κ3) is 5.69. The molecule has 0 spiro atoms. The van der Waals surface area contributed by atoms with Crippen LogP contribution >= 0.6 is 11.8 Å². The van der Waals surface area contributed by atoms with E-state index in [4.69, 9.17) is 9.47 Å². The average molecular weight is 414 g/mol. The summed E-state index contributed by atoms with van der Waals surface area (Å²) in [5.41, 5.74) is 0.717. The Morgan fingerprint density at radius 1 is 1.00 bits per heavy atom. The number of ether oxygens (including phenoxy) is 2. The summed E-state index contributed by atoms with van der Waals surface area (Å²) in [6, 6.07) is 16.6. The van der Waals surface area contributed by atoms with Crippen LogP contribution in [0.1, 0.15) is 34.6 Å². The van der Waals surface area contributed by atoms with Crippen LogP contribution < -0.4 is 0 Å². The maximum atomic E-state index is 13.0. The molecule has 0 bridgehead atoms. The zero-order valence-corrected chi connectivity index (χ0v) is 17.7. The van der Waals surface area contributed by atoms with Gasteiger partial charge >= 0.3 is 5.97 Å². The summed E-state index contributed by atoms with van der Waals surface area (Å²) in [5, 5.41) is 0. The van der Waals surface area contributed by atoms with Crippen molar-refractivity contribution >= 4 is 23.5 Å². The van der Waals surface area contributed by atoms with Crippen molar-refractivity contribution in [2.24, 2.45) is 0 Å². The van der Waals surface area contributed by atoms with Gasteiger partial charge in [-0.05, 0) is 38.1 Å². The number of Topliss-reactive ketones (excluding diaryl/α,β-unsaturated/α-hetero) is 1. The zero-order valence-electron chi connectivity index (χ0n) is 16.9. The summed E-state index contributed by atoms with van der Waals surface area (Å²) in [6.45, 7) is 7.17. The van der Waals surface area contributed by atoms with E-state index in [9.17, 15) is 9.59 Å². The molecule has 1 aliphatic rings. The van der Waals surface area contributed by atoms with E-state index in [0.717, 1.165) is 18.0 Å². The fraction of sp³-hybridized carbons (Fsp3) is 0.391. The number of thioether (sulfide) groups is 1. The molecule has 5 nitrogen and oxygen atoms in total. The van der Waals surface area contributed by atoms with Crippen molar-refractivity contribution in [1.82, 2.24) is 4.90 Å². The number of carbonyl (C=O) groups is 2. The van der Waals surface area contributed by atoms with Crippen molar-refractivity contribution in [2.45, 2.75) is 24.3 Å². The number of hydrogen-bond donors (Lipinski definition) is 0. The van der Waals surface area contributed by atoms with E-state index in [0.29, 0.717) is 36.7 Å². The number of ketones is 1. The number of hydrogen-bond acceptors (Lipinski definition) is 6. The third-order valence-corrected chi connectivity index (χ3v) is 6.04. The second-order valence-electron chi connectivity index (χ2n) is 7.36. The van der Waals surface area contributed by atoms with Crippen molar-refractivity contribution in [1.29, 1.82) is 0 Å². The van der Waals surface area contributed by atoms with Crippen LogP contribution in [-0.4, -0.2) is 60.9 Å². The highest BCUT2D eigenvalue weighted by Crippen LogP contribution is 2.24. The molecule has 154 valence electrons. The van der Waals surface area contributed by atoms with Gasteiger partial charge in [0.25, 0.3) is 0 Å². The molecule has 0 aliphatic carbocycles. The van der Waals surface area contributed by atoms with E-state index in [-0.39, 0.29) is 11.8 Å². The Kier molecular flexibility index (Phi) is 7.47. The molecule has 6 heteroatoms. The van der Waals surface area contributed by atoms with Gasteiger partial charge in [-0.15, -0.1) is 11.8 Å². The first kappa shape index (κ1) is 21.6. The summed E-state index contributed by atoms with van der Waals surface area (Å²) in [5.74, 6) is 0.468. The van der Waals surface area contributed by atoms with Crippen molar-refractivity contribution in [3.63, 3.8) is 0 Å². The highest BCUT2D eigenvalue weighted by atomic mass is 32.2. The van der Waals surface area contributed by atoms with Crippen molar-refractivity contribution in [3.8, 4) is 0 Å². The Morgan fingerprint density at radius 3 is 2.31 bits per heavy atom. The highest BCUT2D eigenvalue weighted by Gasteiger charge is 2.35. The van der Waals surface area contributed by atoms with Crippen molar-refractivity contribution in [3.05, 3.63) is 65.7 Å². The van der Waals surface area contributed by atoms with Crippen LogP contribution in [0.25, 0.3) is 0 Å². The molecule has 29 heavy (non-hydrogen) atoms. The van der Waals surface area contributed by atoms with Crippen molar-refractivity contribution in [2.75, 3.05) is 38.7 Å². The molecule has 0 saturated carbocycles. The van der Waals surface area contributed by atoms with E-state index in [2.05, 4.69) is 4.90 Å². The lowest BCUT2D eigenvalue weighted by Crippen LogP contribution is -2.54. The van der Waals surface area contributed by atoms with Gasteiger partial charge in [0.05, 0.1) is 24.3 Å². The lowest BCUT2D eigenvalue weighted by atomic mass is 9.91. The summed E-state index contributed by atoms with van der Waals surface area (Å²) >= 11 is 1.60. The maximum Gasteiger partial charge on any atom is 0.338 e. The maximum absolute atomic E-state index is 13.0. The van der Waals surface area contributed by atoms with E-state index >= 15 is 0 Å². The molecule has 1 aliphatic heterocycles. The third-order valence-electron chi connectivity index (χ3n) is 5.07. The predicted octanol–water partition coefficient (Wildman–Crippen LogP) is 3.93. The molecule has 0 atom stereocenters. The Bertz CT molecular complexity index is 815. The Hall–Kier alpha value is -2.15. The summed E-state index contributed by atoms with van der Waals surface area (Å²) in [7, 11) is 0. The Morgan fingerprint density at radius 2 is 1.66 bits per heavy atom. The quantitative estimate of drug-likeness (QED) is 0.283. The average Bonchev–Trinajstić information content (AvgIpc) is 2.77. The lowest BCUT2D eigenvalue weighted by molar-refractivity contribution is -0.00430. The minimum Gasteiger partial charge on any atom is -0.461 e. The van der Waals surface area contributed by atoms with Crippen molar-refractivity contribution < 1.29 is 19.1 Å². The smallest absolute Gasteiger partial charge is 0.338 e. The van der Waals surface area contributed by atoms with Gasteiger partial charge in [0.2, 0.25) is 0 Å². The van der Waals surface area contributed by atoms with E-state index < -0.39 is 5.54 Å².